The third-order valence-corrected chi connectivity index (χ3v) is 5.33. The lowest BCUT2D eigenvalue weighted by atomic mass is 10.1. The van der Waals surface area contributed by atoms with E-state index in [1.165, 1.54) is 5.56 Å². The number of nitrogens with one attached hydrogen (secondary N) is 2. The summed E-state index contributed by atoms with van der Waals surface area (Å²) in [6.45, 7) is 4.28. The van der Waals surface area contributed by atoms with Crippen LogP contribution in [0.2, 0.25) is 0 Å². The Morgan fingerprint density at radius 2 is 2.16 bits per heavy atom. The molecule has 1 amide bonds. The fraction of sp³-hybridized carbons (Fsp3) is 0.188. The van der Waals surface area contributed by atoms with Gasteiger partial charge in [-0.15, -0.1) is 0 Å². The number of nitrogens with zero attached hydrogens (tertiary/aromatic N) is 3. The lowest BCUT2D eigenvalue weighted by molar-refractivity contribution is 0.102. The molecule has 0 saturated carbocycles. The van der Waals surface area contributed by atoms with E-state index in [-0.39, 0.29) is 18.3 Å². The Labute approximate surface area is 161 Å². The molecule has 25 heavy (non-hydrogen) atoms. The van der Waals surface area contributed by atoms with Crippen molar-refractivity contribution >= 4 is 43.5 Å². The average Bonchev–Trinajstić information content (AvgIpc) is 3.14. The lowest BCUT2D eigenvalue weighted by Crippen LogP contribution is -2.12. The summed E-state index contributed by atoms with van der Waals surface area (Å²) in [5, 5.41) is 13.5. The fourth-order valence-electron chi connectivity index (χ4n) is 2.24. The highest BCUT2D eigenvalue weighted by molar-refractivity contribution is 9.13. The molecular formula is C16H15Br2N5O2. The molecular weight excluding hydrogens is 454 g/mol. The monoisotopic (exact) mass is 467 g/mol. The number of aryl methyl sites for hydroxylation is 2. The van der Waals surface area contributed by atoms with Gasteiger partial charge in [-0.2, -0.15) is 10.2 Å². The third-order valence-electron chi connectivity index (χ3n) is 3.46. The Morgan fingerprint density at radius 3 is 2.84 bits per heavy atom. The minimum Gasteiger partial charge on any atom is -0.471 e. The Kier molecular flexibility index (Phi) is 5.24. The first-order valence-electron chi connectivity index (χ1n) is 7.37. The predicted octanol–water partition coefficient (Wildman–Crippen LogP) is 4.04. The van der Waals surface area contributed by atoms with Gasteiger partial charge in [0.25, 0.3) is 5.91 Å². The summed E-state index contributed by atoms with van der Waals surface area (Å²) < 4.78 is 8.53. The summed E-state index contributed by atoms with van der Waals surface area (Å²) in [5.74, 6) is 0.459. The zero-order valence-corrected chi connectivity index (χ0v) is 16.7. The standard InChI is InChI=1S/C16H15Br2N5O2/c1-9-3-4-12(10(2)5-9)25-8-23-7-11(6-19-23)20-16(24)14-13(17)15(18)22-21-14/h3-7H,8H2,1-2H3,(H,20,24)(H,21,22). The molecule has 130 valence electrons. The molecule has 0 bridgehead atoms. The maximum absolute atomic E-state index is 12.2. The van der Waals surface area contributed by atoms with E-state index in [1.807, 2.05) is 26.0 Å². The molecule has 2 heterocycles. The van der Waals surface area contributed by atoms with E-state index in [4.69, 9.17) is 4.74 Å². The number of aromatic amines is 1. The van der Waals surface area contributed by atoms with Crippen molar-refractivity contribution < 1.29 is 9.53 Å². The number of halogens is 2. The average molecular weight is 469 g/mol. The van der Waals surface area contributed by atoms with Crippen molar-refractivity contribution in [2.24, 2.45) is 0 Å². The summed E-state index contributed by atoms with van der Waals surface area (Å²) in [6, 6.07) is 5.99. The van der Waals surface area contributed by atoms with Crippen molar-refractivity contribution in [1.82, 2.24) is 20.0 Å². The highest BCUT2D eigenvalue weighted by Gasteiger charge is 2.17. The van der Waals surface area contributed by atoms with Gasteiger partial charge in [-0.05, 0) is 57.3 Å². The van der Waals surface area contributed by atoms with Crippen molar-refractivity contribution in [2.45, 2.75) is 20.6 Å². The lowest BCUT2D eigenvalue weighted by Gasteiger charge is -2.09. The molecule has 3 aromatic rings. The van der Waals surface area contributed by atoms with Crippen molar-refractivity contribution in [3.8, 4) is 5.75 Å². The van der Waals surface area contributed by atoms with Crippen LogP contribution in [0.5, 0.6) is 5.75 Å². The number of carbonyl (C=O) groups excluding carboxylic acids is 1. The van der Waals surface area contributed by atoms with Crippen LogP contribution in [0.15, 0.2) is 39.7 Å². The Hall–Kier alpha value is -2.13. The highest BCUT2D eigenvalue weighted by atomic mass is 79.9. The highest BCUT2D eigenvalue weighted by Crippen LogP contribution is 2.24. The zero-order chi connectivity index (χ0) is 18.0. The number of rotatable bonds is 5. The smallest absolute Gasteiger partial charge is 0.277 e. The second kappa shape index (κ2) is 7.40. The van der Waals surface area contributed by atoms with Gasteiger partial charge in [-0.25, -0.2) is 4.68 Å². The molecule has 0 unspecified atom stereocenters. The molecule has 2 N–H and O–H groups in total. The van der Waals surface area contributed by atoms with Crippen molar-refractivity contribution in [3.05, 3.63) is 56.5 Å². The zero-order valence-electron chi connectivity index (χ0n) is 13.5. The maximum Gasteiger partial charge on any atom is 0.277 e. The molecule has 7 nitrogen and oxygen atoms in total. The van der Waals surface area contributed by atoms with Crippen LogP contribution in [-0.4, -0.2) is 25.9 Å². The van der Waals surface area contributed by atoms with Gasteiger partial charge in [-0.3, -0.25) is 9.89 Å². The van der Waals surface area contributed by atoms with Gasteiger partial charge < -0.3 is 10.1 Å². The number of anilines is 1. The number of benzene rings is 1. The first-order valence-corrected chi connectivity index (χ1v) is 8.96. The van der Waals surface area contributed by atoms with E-state index in [9.17, 15) is 4.79 Å². The number of amides is 1. The molecule has 0 spiro atoms. The predicted molar refractivity (Wildman–Crippen MR) is 101 cm³/mol. The van der Waals surface area contributed by atoms with Crippen molar-refractivity contribution in [3.63, 3.8) is 0 Å². The fourth-order valence-corrected chi connectivity index (χ4v) is 2.88. The van der Waals surface area contributed by atoms with E-state index >= 15 is 0 Å². The van der Waals surface area contributed by atoms with Crippen LogP contribution < -0.4 is 10.1 Å². The number of hydrogen-bond donors (Lipinski definition) is 2. The van der Waals surface area contributed by atoms with Crippen LogP contribution in [0.1, 0.15) is 21.6 Å². The molecule has 0 fully saturated rings. The van der Waals surface area contributed by atoms with Crippen molar-refractivity contribution in [1.29, 1.82) is 0 Å². The molecule has 0 aliphatic heterocycles. The van der Waals surface area contributed by atoms with E-state index in [0.29, 0.717) is 14.8 Å². The summed E-state index contributed by atoms with van der Waals surface area (Å²) in [5.41, 5.74) is 3.06. The Morgan fingerprint density at radius 1 is 1.36 bits per heavy atom. The summed E-state index contributed by atoms with van der Waals surface area (Å²) in [7, 11) is 0. The number of H-pyrrole nitrogens is 1. The summed E-state index contributed by atoms with van der Waals surface area (Å²) in [6.07, 6.45) is 3.25. The molecule has 0 aliphatic rings. The minimum absolute atomic E-state index is 0.247. The van der Waals surface area contributed by atoms with E-state index < -0.39 is 0 Å². The molecule has 3 rings (SSSR count). The molecule has 9 heteroatoms. The van der Waals surface area contributed by atoms with Crippen LogP contribution in [0.25, 0.3) is 0 Å². The van der Waals surface area contributed by atoms with Gasteiger partial charge in [-0.1, -0.05) is 17.7 Å². The van der Waals surface area contributed by atoms with E-state index in [2.05, 4.69) is 58.5 Å². The largest absolute Gasteiger partial charge is 0.471 e. The quantitative estimate of drug-likeness (QED) is 0.591. The topological polar surface area (TPSA) is 84.8 Å². The molecule has 2 aromatic heterocycles. The molecule has 0 aliphatic carbocycles. The van der Waals surface area contributed by atoms with Gasteiger partial charge in [0, 0.05) is 0 Å². The normalized spacial score (nSPS) is 10.7. The molecule has 0 radical (unpaired) electrons. The Bertz CT molecular complexity index is 919. The van der Waals surface area contributed by atoms with Gasteiger partial charge in [0.15, 0.2) is 12.4 Å². The van der Waals surface area contributed by atoms with E-state index in [0.717, 1.165) is 11.3 Å². The third kappa shape index (κ3) is 4.10. The first kappa shape index (κ1) is 17.7. The molecule has 0 saturated heterocycles. The number of ether oxygens (including phenoxy) is 1. The Balaban J connectivity index is 1.62. The summed E-state index contributed by atoms with van der Waals surface area (Å²) >= 11 is 6.54. The number of carbonyl (C=O) groups is 1. The minimum atomic E-state index is -0.344. The number of hydrogen-bond acceptors (Lipinski definition) is 4. The van der Waals surface area contributed by atoms with Gasteiger partial charge in [0.2, 0.25) is 0 Å². The second-order valence-corrected chi connectivity index (χ2v) is 7.05. The second-order valence-electron chi connectivity index (χ2n) is 5.47. The van der Waals surface area contributed by atoms with Gasteiger partial charge in [0.05, 0.1) is 22.6 Å². The SMILES string of the molecule is Cc1ccc(OCn2cc(NC(=O)c3n[nH]c(Br)c3Br)cn2)c(C)c1. The van der Waals surface area contributed by atoms with Crippen LogP contribution in [0.4, 0.5) is 5.69 Å². The van der Waals surface area contributed by atoms with Crippen molar-refractivity contribution in [2.75, 3.05) is 5.32 Å². The molecule has 1 aromatic carbocycles. The van der Waals surface area contributed by atoms with Crippen LogP contribution >= 0.6 is 31.9 Å². The van der Waals surface area contributed by atoms with Gasteiger partial charge in [0.1, 0.15) is 10.4 Å². The van der Waals surface area contributed by atoms with Crippen LogP contribution in [-0.2, 0) is 6.73 Å². The number of aromatic nitrogens is 4. The first-order chi connectivity index (χ1) is 11.9. The summed E-state index contributed by atoms with van der Waals surface area (Å²) in [4.78, 5) is 12.2. The van der Waals surface area contributed by atoms with Crippen LogP contribution in [0.3, 0.4) is 0 Å². The maximum atomic E-state index is 12.2. The van der Waals surface area contributed by atoms with Gasteiger partial charge >= 0.3 is 0 Å². The van der Waals surface area contributed by atoms with E-state index in [1.54, 1.807) is 17.1 Å². The van der Waals surface area contributed by atoms with Crippen LogP contribution in [0, 0.1) is 13.8 Å². The molecule has 0 atom stereocenters.